The highest BCUT2D eigenvalue weighted by molar-refractivity contribution is 5.75. The molecule has 3 aliphatic rings. The zero-order chi connectivity index (χ0) is 21.7. The summed E-state index contributed by atoms with van der Waals surface area (Å²) in [7, 11) is 0. The molecule has 5 rings (SSSR count). The number of nitrogens with zero attached hydrogens (tertiary/aromatic N) is 2. The molecule has 3 aliphatic heterocycles. The van der Waals surface area contributed by atoms with Gasteiger partial charge in [-0.15, -0.1) is 0 Å². The quantitative estimate of drug-likeness (QED) is 0.752. The van der Waals surface area contributed by atoms with E-state index in [2.05, 4.69) is 11.1 Å². The van der Waals surface area contributed by atoms with Crippen molar-refractivity contribution < 1.29 is 23.0 Å². The summed E-state index contributed by atoms with van der Waals surface area (Å²) in [6.45, 7) is -0.0660. The van der Waals surface area contributed by atoms with Crippen molar-refractivity contribution in [2.45, 2.75) is 36.3 Å². The van der Waals surface area contributed by atoms with Crippen LogP contribution in [-0.4, -0.2) is 37.4 Å². The number of hydrogen-bond acceptors (Lipinski definition) is 6. The van der Waals surface area contributed by atoms with Crippen LogP contribution in [0.5, 0.6) is 5.75 Å². The van der Waals surface area contributed by atoms with Gasteiger partial charge in [-0.2, -0.15) is 14.0 Å². The van der Waals surface area contributed by atoms with Gasteiger partial charge in [-0.1, -0.05) is 18.2 Å². The van der Waals surface area contributed by atoms with E-state index in [0.29, 0.717) is 36.3 Å². The predicted molar refractivity (Wildman–Crippen MR) is 109 cm³/mol. The molecular formula is C23H21F2N3O3. The molecule has 0 radical (unpaired) electrons. The lowest BCUT2D eigenvalue weighted by molar-refractivity contribution is -0.170. The van der Waals surface area contributed by atoms with Crippen LogP contribution in [0, 0.1) is 11.3 Å². The van der Waals surface area contributed by atoms with E-state index in [1.54, 1.807) is 36.4 Å². The van der Waals surface area contributed by atoms with Crippen molar-refractivity contribution >= 4 is 6.02 Å². The molecule has 0 saturated carbocycles. The molecule has 1 saturated heterocycles. The molecule has 6 nitrogen and oxygen atoms in total. The number of alkyl halides is 2. The highest BCUT2D eigenvalue weighted by Crippen LogP contribution is 2.56. The minimum Gasteiger partial charge on any atom is -0.484 e. The molecule has 31 heavy (non-hydrogen) atoms. The monoisotopic (exact) mass is 425 g/mol. The van der Waals surface area contributed by atoms with Crippen molar-refractivity contribution in [2.24, 2.45) is 10.7 Å². The van der Waals surface area contributed by atoms with Crippen LogP contribution >= 0.6 is 0 Å². The molecule has 2 aromatic rings. The maximum absolute atomic E-state index is 15.6. The van der Waals surface area contributed by atoms with Gasteiger partial charge in [-0.25, -0.2) is 4.99 Å². The SMILES string of the molecule is N#Cc1cccc(-c2ccc3c(c2)[C@@]2(C[C@@]4(CCCOC4)O3)N=C(N)OCC2(F)F)c1. The Morgan fingerprint density at radius 1 is 1.10 bits per heavy atom. The Balaban J connectivity index is 1.71. The third kappa shape index (κ3) is 3.12. The second kappa shape index (κ2) is 6.92. The lowest BCUT2D eigenvalue weighted by Crippen LogP contribution is -2.61. The first-order chi connectivity index (χ1) is 14.9. The molecule has 0 bridgehead atoms. The molecule has 2 spiro atoms. The molecule has 0 aromatic heterocycles. The summed E-state index contributed by atoms with van der Waals surface area (Å²) in [6, 6.07) is 14.0. The molecule has 160 valence electrons. The van der Waals surface area contributed by atoms with Crippen LogP contribution in [-0.2, 0) is 15.0 Å². The van der Waals surface area contributed by atoms with Crippen LogP contribution in [0.2, 0.25) is 0 Å². The van der Waals surface area contributed by atoms with Gasteiger partial charge >= 0.3 is 5.92 Å². The Bertz CT molecular complexity index is 1110. The number of nitrogens with two attached hydrogens (primary N) is 1. The summed E-state index contributed by atoms with van der Waals surface area (Å²) in [5, 5.41) is 9.21. The van der Waals surface area contributed by atoms with Gasteiger partial charge in [-0.05, 0) is 48.2 Å². The number of rotatable bonds is 1. The molecule has 0 amide bonds. The summed E-state index contributed by atoms with van der Waals surface area (Å²) < 4.78 is 48.0. The zero-order valence-corrected chi connectivity index (χ0v) is 16.7. The van der Waals surface area contributed by atoms with E-state index in [0.717, 1.165) is 5.56 Å². The number of amidine groups is 1. The van der Waals surface area contributed by atoms with E-state index in [9.17, 15) is 5.26 Å². The maximum atomic E-state index is 15.6. The first-order valence-corrected chi connectivity index (χ1v) is 10.1. The van der Waals surface area contributed by atoms with E-state index in [1.165, 1.54) is 0 Å². The van der Waals surface area contributed by atoms with Crippen molar-refractivity contribution in [3.05, 3.63) is 53.6 Å². The molecule has 3 heterocycles. The number of halogens is 2. The largest absolute Gasteiger partial charge is 0.484 e. The van der Waals surface area contributed by atoms with Gasteiger partial charge in [0, 0.05) is 18.6 Å². The van der Waals surface area contributed by atoms with Crippen molar-refractivity contribution in [1.82, 2.24) is 0 Å². The van der Waals surface area contributed by atoms with Crippen molar-refractivity contribution in [3.8, 4) is 22.9 Å². The van der Waals surface area contributed by atoms with Crippen LogP contribution in [0.3, 0.4) is 0 Å². The number of benzene rings is 2. The van der Waals surface area contributed by atoms with E-state index in [4.69, 9.17) is 19.9 Å². The van der Waals surface area contributed by atoms with Gasteiger partial charge in [-0.3, -0.25) is 0 Å². The fourth-order valence-electron chi connectivity index (χ4n) is 4.78. The lowest BCUT2D eigenvalue weighted by atomic mass is 9.70. The summed E-state index contributed by atoms with van der Waals surface area (Å²) in [6.07, 6.45) is 1.24. The molecule has 0 aliphatic carbocycles. The number of aliphatic imine (C=N–C) groups is 1. The fraction of sp³-hybridized carbons (Fsp3) is 0.391. The van der Waals surface area contributed by atoms with Gasteiger partial charge < -0.3 is 19.9 Å². The Hall–Kier alpha value is -3.18. The number of ether oxygens (including phenoxy) is 3. The van der Waals surface area contributed by atoms with Gasteiger partial charge in [0.25, 0.3) is 6.02 Å². The first kappa shape index (κ1) is 19.8. The van der Waals surface area contributed by atoms with E-state index in [-0.39, 0.29) is 24.6 Å². The van der Waals surface area contributed by atoms with E-state index < -0.39 is 23.7 Å². The summed E-state index contributed by atoms with van der Waals surface area (Å²) in [5.41, 5.74) is 5.16. The minimum absolute atomic E-state index is 0.0637. The number of fused-ring (bicyclic) bond motifs is 2. The zero-order valence-electron chi connectivity index (χ0n) is 16.7. The lowest BCUT2D eigenvalue weighted by Gasteiger charge is -2.51. The third-order valence-electron chi connectivity index (χ3n) is 6.25. The molecule has 1 fully saturated rings. The van der Waals surface area contributed by atoms with Crippen LogP contribution in [0.25, 0.3) is 11.1 Å². The van der Waals surface area contributed by atoms with Crippen molar-refractivity contribution in [1.29, 1.82) is 5.26 Å². The average Bonchev–Trinajstić information content (AvgIpc) is 2.77. The summed E-state index contributed by atoms with van der Waals surface area (Å²) >= 11 is 0. The molecule has 2 N–H and O–H groups in total. The molecule has 8 heteroatoms. The normalized spacial score (nSPS) is 28.7. The molecule has 0 unspecified atom stereocenters. The number of hydrogen-bond donors (Lipinski definition) is 1. The Labute approximate surface area is 178 Å². The van der Waals surface area contributed by atoms with Crippen LogP contribution < -0.4 is 10.5 Å². The Morgan fingerprint density at radius 3 is 2.71 bits per heavy atom. The molecular weight excluding hydrogens is 404 g/mol. The summed E-state index contributed by atoms with van der Waals surface area (Å²) in [4.78, 5) is 4.22. The van der Waals surface area contributed by atoms with Crippen LogP contribution in [0.1, 0.15) is 30.4 Å². The van der Waals surface area contributed by atoms with Gasteiger partial charge in [0.05, 0.1) is 18.2 Å². The predicted octanol–water partition coefficient (Wildman–Crippen LogP) is 3.73. The highest BCUT2D eigenvalue weighted by atomic mass is 19.3. The number of nitriles is 1. The topological polar surface area (TPSA) is 89.9 Å². The third-order valence-corrected chi connectivity index (χ3v) is 6.25. The fourth-order valence-corrected chi connectivity index (χ4v) is 4.78. The Morgan fingerprint density at radius 2 is 1.94 bits per heavy atom. The Kier molecular flexibility index (Phi) is 4.41. The van der Waals surface area contributed by atoms with Gasteiger partial charge in [0.2, 0.25) is 0 Å². The van der Waals surface area contributed by atoms with Crippen molar-refractivity contribution in [2.75, 3.05) is 19.8 Å². The first-order valence-electron chi connectivity index (χ1n) is 10.1. The maximum Gasteiger partial charge on any atom is 0.310 e. The second-order valence-corrected chi connectivity index (χ2v) is 8.32. The van der Waals surface area contributed by atoms with Crippen LogP contribution in [0.15, 0.2) is 47.5 Å². The van der Waals surface area contributed by atoms with E-state index >= 15 is 8.78 Å². The second-order valence-electron chi connectivity index (χ2n) is 8.32. The summed E-state index contributed by atoms with van der Waals surface area (Å²) in [5.74, 6) is -2.96. The molecule has 2 aromatic carbocycles. The standard InChI is InChI=1S/C23H21F2N3O3/c24-23(25)14-30-20(27)28-22(23)12-21(7-2-8-29-13-21)31-19-6-5-17(10-18(19)22)16-4-1-3-15(9-16)11-26/h1,3-6,9-10H,2,7-8,12-14H2,(H2,27,28)/t21-,22-/m1/s1. The van der Waals surface area contributed by atoms with Crippen LogP contribution in [0.4, 0.5) is 8.78 Å². The van der Waals surface area contributed by atoms with Crippen molar-refractivity contribution in [3.63, 3.8) is 0 Å². The highest BCUT2D eigenvalue weighted by Gasteiger charge is 2.65. The van der Waals surface area contributed by atoms with E-state index in [1.807, 2.05) is 6.07 Å². The van der Waals surface area contributed by atoms with Gasteiger partial charge in [0.15, 0.2) is 12.1 Å². The smallest absolute Gasteiger partial charge is 0.310 e. The van der Waals surface area contributed by atoms with Gasteiger partial charge in [0.1, 0.15) is 11.4 Å². The minimum atomic E-state index is -3.30. The average molecular weight is 425 g/mol. The molecule has 2 atom stereocenters.